The fourth-order valence-corrected chi connectivity index (χ4v) is 2.58. The van der Waals surface area contributed by atoms with Gasteiger partial charge in [0.2, 0.25) is 5.91 Å². The van der Waals surface area contributed by atoms with Gasteiger partial charge in [-0.1, -0.05) is 0 Å². The van der Waals surface area contributed by atoms with Gasteiger partial charge in [0.05, 0.1) is 6.61 Å². The molecule has 1 saturated carbocycles. The van der Waals surface area contributed by atoms with Crippen LogP contribution in [0.15, 0.2) is 0 Å². The van der Waals surface area contributed by atoms with Crippen LogP contribution in [-0.4, -0.2) is 49.1 Å². The van der Waals surface area contributed by atoms with Crippen molar-refractivity contribution in [2.24, 2.45) is 5.92 Å². The number of nitrogens with one attached hydrogen (secondary N) is 1. The molecule has 5 nitrogen and oxygen atoms in total. The van der Waals surface area contributed by atoms with Crippen molar-refractivity contribution in [3.8, 4) is 0 Å². The smallest absolute Gasteiger partial charge is 0.325 e. The molecule has 20 heavy (non-hydrogen) atoms. The summed E-state index contributed by atoms with van der Waals surface area (Å²) in [6.07, 6.45) is 4.70. The summed E-state index contributed by atoms with van der Waals surface area (Å²) < 4.78 is 4.94. The van der Waals surface area contributed by atoms with E-state index < -0.39 is 0 Å². The quantitative estimate of drug-likeness (QED) is 0.721. The molecule has 2 fully saturated rings. The SMILES string of the molecule is CCOC(=O)CN(C(=O)CCC1CCNC1)C1CC1.Cl. The van der Waals surface area contributed by atoms with Crippen LogP contribution in [-0.2, 0) is 14.3 Å². The maximum atomic E-state index is 12.2. The number of halogens is 1. The predicted molar refractivity (Wildman–Crippen MR) is 78.8 cm³/mol. The fraction of sp³-hybridized carbons (Fsp3) is 0.857. The van der Waals surface area contributed by atoms with E-state index in [1.54, 1.807) is 11.8 Å². The van der Waals surface area contributed by atoms with Crippen molar-refractivity contribution in [3.05, 3.63) is 0 Å². The summed E-state index contributed by atoms with van der Waals surface area (Å²) in [6.45, 7) is 4.37. The van der Waals surface area contributed by atoms with E-state index in [4.69, 9.17) is 4.74 Å². The Balaban J connectivity index is 0.00000200. The molecule has 1 N–H and O–H groups in total. The number of nitrogens with zero attached hydrogens (tertiary/aromatic N) is 1. The van der Waals surface area contributed by atoms with E-state index in [-0.39, 0.29) is 36.9 Å². The molecule has 0 aromatic rings. The Hall–Kier alpha value is -0.810. The van der Waals surface area contributed by atoms with E-state index in [1.165, 1.54) is 0 Å². The molecule has 1 heterocycles. The first-order valence-electron chi connectivity index (χ1n) is 7.36. The number of ether oxygens (including phenoxy) is 1. The highest BCUT2D eigenvalue weighted by Gasteiger charge is 2.34. The van der Waals surface area contributed by atoms with Gasteiger partial charge in [0.1, 0.15) is 6.54 Å². The van der Waals surface area contributed by atoms with Crippen molar-refractivity contribution in [2.45, 2.75) is 45.1 Å². The molecule has 1 aliphatic carbocycles. The molecule has 6 heteroatoms. The fourth-order valence-electron chi connectivity index (χ4n) is 2.58. The van der Waals surface area contributed by atoms with Gasteiger partial charge in [-0.15, -0.1) is 12.4 Å². The Morgan fingerprint density at radius 1 is 1.30 bits per heavy atom. The maximum absolute atomic E-state index is 12.2. The Morgan fingerprint density at radius 2 is 2.05 bits per heavy atom. The molecular weight excluding hydrogens is 280 g/mol. The number of carbonyl (C=O) groups is 2. The summed E-state index contributed by atoms with van der Waals surface area (Å²) in [4.78, 5) is 25.5. The van der Waals surface area contributed by atoms with Crippen molar-refractivity contribution in [3.63, 3.8) is 0 Å². The zero-order chi connectivity index (χ0) is 13.7. The lowest BCUT2D eigenvalue weighted by Crippen LogP contribution is -2.38. The van der Waals surface area contributed by atoms with Gasteiger partial charge in [-0.2, -0.15) is 0 Å². The van der Waals surface area contributed by atoms with E-state index in [9.17, 15) is 9.59 Å². The molecule has 0 aromatic heterocycles. The molecule has 2 rings (SSSR count). The standard InChI is InChI=1S/C14H24N2O3.ClH/c1-2-19-14(18)10-16(12-4-5-12)13(17)6-3-11-7-8-15-9-11;/h11-12,15H,2-10H2,1H3;1H. The van der Waals surface area contributed by atoms with Crippen molar-refractivity contribution < 1.29 is 14.3 Å². The molecule has 2 aliphatic rings. The topological polar surface area (TPSA) is 58.6 Å². The lowest BCUT2D eigenvalue weighted by Gasteiger charge is -2.22. The zero-order valence-corrected chi connectivity index (χ0v) is 12.9. The second-order valence-corrected chi connectivity index (χ2v) is 5.46. The van der Waals surface area contributed by atoms with Crippen molar-refractivity contribution >= 4 is 24.3 Å². The van der Waals surface area contributed by atoms with Crippen LogP contribution >= 0.6 is 12.4 Å². The Kier molecular flexibility index (Phi) is 7.30. The van der Waals surface area contributed by atoms with Gasteiger partial charge in [-0.05, 0) is 51.6 Å². The minimum absolute atomic E-state index is 0. The van der Waals surface area contributed by atoms with Gasteiger partial charge in [-0.3, -0.25) is 9.59 Å². The molecule has 1 amide bonds. The highest BCUT2D eigenvalue weighted by Crippen LogP contribution is 2.28. The van der Waals surface area contributed by atoms with Gasteiger partial charge in [0.15, 0.2) is 0 Å². The van der Waals surface area contributed by atoms with E-state index in [0.29, 0.717) is 18.9 Å². The zero-order valence-electron chi connectivity index (χ0n) is 12.1. The molecule has 1 aliphatic heterocycles. The van der Waals surface area contributed by atoms with Crippen LogP contribution in [0.4, 0.5) is 0 Å². The summed E-state index contributed by atoms with van der Waals surface area (Å²) in [6, 6.07) is 0.276. The van der Waals surface area contributed by atoms with Crippen molar-refractivity contribution in [2.75, 3.05) is 26.2 Å². The van der Waals surface area contributed by atoms with Gasteiger partial charge < -0.3 is 15.0 Å². The Labute approximate surface area is 126 Å². The van der Waals surface area contributed by atoms with Gasteiger partial charge >= 0.3 is 5.97 Å². The molecule has 0 aromatic carbocycles. The summed E-state index contributed by atoms with van der Waals surface area (Å²) in [5.74, 6) is 0.445. The lowest BCUT2D eigenvalue weighted by atomic mass is 10.0. The first-order chi connectivity index (χ1) is 9.20. The van der Waals surface area contributed by atoms with Crippen LogP contribution in [0.5, 0.6) is 0 Å². The summed E-state index contributed by atoms with van der Waals surface area (Å²) in [5, 5.41) is 3.31. The molecule has 116 valence electrons. The maximum Gasteiger partial charge on any atom is 0.325 e. The van der Waals surface area contributed by atoms with Crippen LogP contribution in [0.3, 0.4) is 0 Å². The molecule has 1 atom stereocenters. The number of amides is 1. The normalized spacial score (nSPS) is 21.1. The van der Waals surface area contributed by atoms with Crippen LogP contribution in [0.1, 0.15) is 39.0 Å². The molecule has 0 spiro atoms. The predicted octanol–water partition coefficient (Wildman–Crippen LogP) is 1.35. The second-order valence-electron chi connectivity index (χ2n) is 5.46. The monoisotopic (exact) mass is 304 g/mol. The van der Waals surface area contributed by atoms with Crippen LogP contribution < -0.4 is 5.32 Å². The van der Waals surface area contributed by atoms with Gasteiger partial charge in [-0.25, -0.2) is 0 Å². The van der Waals surface area contributed by atoms with Crippen LogP contribution in [0.2, 0.25) is 0 Å². The van der Waals surface area contributed by atoms with E-state index in [2.05, 4.69) is 5.32 Å². The number of carbonyl (C=O) groups excluding carboxylic acids is 2. The molecule has 0 radical (unpaired) electrons. The number of hydrogen-bond acceptors (Lipinski definition) is 4. The van der Waals surface area contributed by atoms with E-state index >= 15 is 0 Å². The third kappa shape index (κ3) is 5.29. The molecule has 0 bridgehead atoms. The van der Waals surface area contributed by atoms with E-state index in [1.807, 2.05) is 0 Å². The largest absolute Gasteiger partial charge is 0.465 e. The summed E-state index contributed by atoms with van der Waals surface area (Å²) in [7, 11) is 0. The number of hydrogen-bond donors (Lipinski definition) is 1. The van der Waals surface area contributed by atoms with Crippen LogP contribution in [0.25, 0.3) is 0 Å². The minimum Gasteiger partial charge on any atom is -0.465 e. The minimum atomic E-state index is -0.287. The highest BCUT2D eigenvalue weighted by molar-refractivity contribution is 5.85. The average Bonchev–Trinajstić information content (AvgIpc) is 3.09. The van der Waals surface area contributed by atoms with Crippen molar-refractivity contribution in [1.29, 1.82) is 0 Å². The lowest BCUT2D eigenvalue weighted by molar-refractivity contribution is -0.149. The first-order valence-corrected chi connectivity index (χ1v) is 7.36. The Morgan fingerprint density at radius 3 is 2.60 bits per heavy atom. The second kappa shape index (κ2) is 8.47. The highest BCUT2D eigenvalue weighted by atomic mass is 35.5. The Bertz CT molecular complexity index is 328. The summed E-state index contributed by atoms with van der Waals surface area (Å²) >= 11 is 0. The van der Waals surface area contributed by atoms with Gasteiger partial charge in [0.25, 0.3) is 0 Å². The molecular formula is C14H25ClN2O3. The molecule has 1 saturated heterocycles. The van der Waals surface area contributed by atoms with Crippen LogP contribution in [0, 0.1) is 5.92 Å². The molecule has 1 unspecified atom stereocenters. The third-order valence-corrected chi connectivity index (χ3v) is 3.84. The number of rotatable bonds is 7. The first kappa shape index (κ1) is 17.2. The van der Waals surface area contributed by atoms with Crippen molar-refractivity contribution in [1.82, 2.24) is 10.2 Å². The van der Waals surface area contributed by atoms with E-state index in [0.717, 1.165) is 38.8 Å². The summed E-state index contributed by atoms with van der Waals surface area (Å²) in [5.41, 5.74) is 0. The third-order valence-electron chi connectivity index (χ3n) is 3.84. The average molecular weight is 305 g/mol. The van der Waals surface area contributed by atoms with Gasteiger partial charge in [0, 0.05) is 12.5 Å². The number of esters is 1.